The van der Waals surface area contributed by atoms with Gasteiger partial charge in [0.25, 0.3) is 0 Å². The normalized spacial score (nSPS) is 16.5. The molecule has 0 spiro atoms. The minimum absolute atomic E-state index is 1.01. The summed E-state index contributed by atoms with van der Waals surface area (Å²) in [6.45, 7) is 9.48. The standard InChI is InChI=1S/C18H23N3S/c1-15-3-6-17(7-4-15)14-20-9-11-21(12-10-20)19-13-18-8-5-16(2)22-18/h3-8,13H,9-12,14H2,1-2H3. The first-order chi connectivity index (χ1) is 10.7. The quantitative estimate of drug-likeness (QED) is 0.804. The zero-order valence-corrected chi connectivity index (χ0v) is 14.1. The second kappa shape index (κ2) is 7.07. The molecule has 0 amide bonds. The zero-order chi connectivity index (χ0) is 15.4. The third kappa shape index (κ3) is 4.18. The Labute approximate surface area is 136 Å². The Bertz CT molecular complexity index is 622. The number of hydrogen-bond acceptors (Lipinski definition) is 4. The molecule has 1 saturated heterocycles. The van der Waals surface area contributed by atoms with Crippen LogP contribution in [0, 0.1) is 13.8 Å². The molecular weight excluding hydrogens is 290 g/mol. The van der Waals surface area contributed by atoms with Crippen LogP contribution in [0.2, 0.25) is 0 Å². The fourth-order valence-electron chi connectivity index (χ4n) is 2.62. The Hall–Kier alpha value is -1.65. The van der Waals surface area contributed by atoms with E-state index in [-0.39, 0.29) is 0 Å². The third-order valence-corrected chi connectivity index (χ3v) is 4.92. The smallest absolute Gasteiger partial charge is 0.0642 e. The average Bonchev–Trinajstić information content (AvgIpc) is 2.94. The van der Waals surface area contributed by atoms with E-state index in [1.54, 1.807) is 11.3 Å². The molecule has 3 rings (SSSR count). The van der Waals surface area contributed by atoms with Gasteiger partial charge in [0.1, 0.15) is 0 Å². The van der Waals surface area contributed by atoms with Gasteiger partial charge in [-0.25, -0.2) is 0 Å². The SMILES string of the molecule is Cc1ccc(CN2CCN(N=Cc3ccc(C)s3)CC2)cc1. The van der Waals surface area contributed by atoms with Crippen molar-refractivity contribution in [3.63, 3.8) is 0 Å². The Balaban J connectivity index is 1.48. The lowest BCUT2D eigenvalue weighted by Crippen LogP contribution is -2.43. The van der Waals surface area contributed by atoms with Crippen LogP contribution in [0.4, 0.5) is 0 Å². The molecule has 0 atom stereocenters. The van der Waals surface area contributed by atoms with Crippen molar-refractivity contribution in [1.82, 2.24) is 9.91 Å². The number of piperazine rings is 1. The highest BCUT2D eigenvalue weighted by molar-refractivity contribution is 7.13. The lowest BCUT2D eigenvalue weighted by atomic mass is 10.1. The van der Waals surface area contributed by atoms with E-state index in [9.17, 15) is 0 Å². The van der Waals surface area contributed by atoms with Gasteiger partial charge in [0, 0.05) is 42.5 Å². The molecular formula is C18H23N3S. The number of hydrogen-bond donors (Lipinski definition) is 0. The Morgan fingerprint density at radius 1 is 1.00 bits per heavy atom. The van der Waals surface area contributed by atoms with E-state index in [0.29, 0.717) is 0 Å². The van der Waals surface area contributed by atoms with Crippen LogP contribution in [0.5, 0.6) is 0 Å². The summed E-state index contributed by atoms with van der Waals surface area (Å²) in [6.07, 6.45) is 1.99. The molecule has 1 fully saturated rings. The molecule has 1 aromatic heterocycles. The zero-order valence-electron chi connectivity index (χ0n) is 13.3. The van der Waals surface area contributed by atoms with Crippen molar-refractivity contribution in [2.45, 2.75) is 20.4 Å². The topological polar surface area (TPSA) is 18.8 Å². The molecule has 2 aromatic rings. The van der Waals surface area contributed by atoms with E-state index in [4.69, 9.17) is 0 Å². The molecule has 0 radical (unpaired) electrons. The minimum Gasteiger partial charge on any atom is -0.295 e. The van der Waals surface area contributed by atoms with Gasteiger partial charge in [-0.15, -0.1) is 11.3 Å². The molecule has 1 aliphatic heterocycles. The highest BCUT2D eigenvalue weighted by atomic mass is 32.1. The number of thiophene rings is 1. The second-order valence-electron chi connectivity index (χ2n) is 5.91. The van der Waals surface area contributed by atoms with Crippen LogP contribution >= 0.6 is 11.3 Å². The fourth-order valence-corrected chi connectivity index (χ4v) is 3.37. The fraction of sp³-hybridized carbons (Fsp3) is 0.389. The van der Waals surface area contributed by atoms with Gasteiger partial charge in [-0.1, -0.05) is 29.8 Å². The monoisotopic (exact) mass is 313 g/mol. The first-order valence-electron chi connectivity index (χ1n) is 7.82. The van der Waals surface area contributed by atoms with E-state index < -0.39 is 0 Å². The molecule has 0 unspecified atom stereocenters. The predicted octanol–water partition coefficient (Wildman–Crippen LogP) is 3.52. The van der Waals surface area contributed by atoms with Crippen LogP contribution in [-0.4, -0.2) is 42.3 Å². The van der Waals surface area contributed by atoms with Gasteiger partial charge in [0.15, 0.2) is 0 Å². The summed E-state index contributed by atoms with van der Waals surface area (Å²) in [5.74, 6) is 0. The first kappa shape index (κ1) is 15.3. The lowest BCUT2D eigenvalue weighted by molar-refractivity contribution is 0.131. The number of nitrogens with zero attached hydrogens (tertiary/aromatic N) is 3. The number of hydrazone groups is 1. The van der Waals surface area contributed by atoms with E-state index in [1.807, 2.05) is 6.21 Å². The largest absolute Gasteiger partial charge is 0.295 e. The van der Waals surface area contributed by atoms with Gasteiger partial charge in [-0.2, -0.15) is 5.10 Å². The summed E-state index contributed by atoms with van der Waals surface area (Å²) in [6, 6.07) is 13.1. The molecule has 0 N–H and O–H groups in total. The number of benzene rings is 1. The van der Waals surface area contributed by atoms with Crippen LogP contribution in [0.1, 0.15) is 20.9 Å². The van der Waals surface area contributed by atoms with Gasteiger partial charge < -0.3 is 0 Å². The molecule has 1 aliphatic rings. The van der Waals surface area contributed by atoms with Gasteiger partial charge in [0.05, 0.1) is 6.21 Å². The molecule has 1 aromatic carbocycles. The summed E-state index contributed by atoms with van der Waals surface area (Å²) in [7, 11) is 0. The Kier molecular flexibility index (Phi) is 4.90. The molecule has 0 aliphatic carbocycles. The van der Waals surface area contributed by atoms with E-state index in [2.05, 4.69) is 65.3 Å². The first-order valence-corrected chi connectivity index (χ1v) is 8.64. The van der Waals surface area contributed by atoms with Crippen LogP contribution in [0.3, 0.4) is 0 Å². The molecule has 0 bridgehead atoms. The van der Waals surface area contributed by atoms with Gasteiger partial charge in [0.2, 0.25) is 0 Å². The minimum atomic E-state index is 1.01. The molecule has 0 saturated carbocycles. The van der Waals surface area contributed by atoms with E-state index in [0.717, 1.165) is 32.7 Å². The number of rotatable bonds is 4. The molecule has 4 heteroatoms. The van der Waals surface area contributed by atoms with Crippen molar-refractivity contribution in [1.29, 1.82) is 0 Å². The van der Waals surface area contributed by atoms with Crippen molar-refractivity contribution in [3.8, 4) is 0 Å². The van der Waals surface area contributed by atoms with E-state index in [1.165, 1.54) is 20.9 Å². The molecule has 116 valence electrons. The second-order valence-corrected chi connectivity index (χ2v) is 7.23. The van der Waals surface area contributed by atoms with E-state index >= 15 is 0 Å². The van der Waals surface area contributed by atoms with Gasteiger partial charge >= 0.3 is 0 Å². The summed E-state index contributed by atoms with van der Waals surface area (Å²) in [5.41, 5.74) is 2.73. The maximum absolute atomic E-state index is 4.61. The maximum Gasteiger partial charge on any atom is 0.0642 e. The van der Waals surface area contributed by atoms with Crippen molar-refractivity contribution < 1.29 is 0 Å². The van der Waals surface area contributed by atoms with Crippen LogP contribution in [0.25, 0.3) is 0 Å². The number of aryl methyl sites for hydroxylation is 2. The Morgan fingerprint density at radius 3 is 2.36 bits per heavy atom. The average molecular weight is 313 g/mol. The predicted molar refractivity (Wildman–Crippen MR) is 94.7 cm³/mol. The maximum atomic E-state index is 4.61. The summed E-state index contributed by atoms with van der Waals surface area (Å²) in [4.78, 5) is 5.08. The van der Waals surface area contributed by atoms with Crippen LogP contribution in [-0.2, 0) is 6.54 Å². The van der Waals surface area contributed by atoms with Crippen molar-refractivity contribution in [2.24, 2.45) is 5.10 Å². The van der Waals surface area contributed by atoms with Crippen molar-refractivity contribution in [2.75, 3.05) is 26.2 Å². The summed E-state index contributed by atoms with van der Waals surface area (Å²) in [5, 5.41) is 6.79. The molecule has 2 heterocycles. The summed E-state index contributed by atoms with van der Waals surface area (Å²) >= 11 is 1.79. The highest BCUT2D eigenvalue weighted by Crippen LogP contribution is 2.13. The lowest BCUT2D eigenvalue weighted by Gasteiger charge is -2.33. The molecule has 3 nitrogen and oxygen atoms in total. The van der Waals surface area contributed by atoms with Crippen molar-refractivity contribution >= 4 is 17.6 Å². The van der Waals surface area contributed by atoms with Crippen LogP contribution in [0.15, 0.2) is 41.5 Å². The van der Waals surface area contributed by atoms with Crippen molar-refractivity contribution in [3.05, 3.63) is 57.3 Å². The van der Waals surface area contributed by atoms with Gasteiger partial charge in [-0.3, -0.25) is 9.91 Å². The summed E-state index contributed by atoms with van der Waals surface area (Å²) < 4.78 is 0. The highest BCUT2D eigenvalue weighted by Gasteiger charge is 2.15. The Morgan fingerprint density at radius 2 is 1.73 bits per heavy atom. The molecule has 22 heavy (non-hydrogen) atoms. The van der Waals surface area contributed by atoms with Crippen LogP contribution < -0.4 is 0 Å². The van der Waals surface area contributed by atoms with Gasteiger partial charge in [-0.05, 0) is 31.5 Å². The third-order valence-electron chi connectivity index (χ3n) is 3.98.